The maximum Gasteiger partial charge on any atom is 0.330 e. The smallest absolute Gasteiger partial charge is 0.330 e. The second-order valence-corrected chi connectivity index (χ2v) is 6.45. The number of carbonyl (C=O) groups excluding carboxylic acids is 1. The van der Waals surface area contributed by atoms with Gasteiger partial charge in [0.1, 0.15) is 5.75 Å². The van der Waals surface area contributed by atoms with Crippen LogP contribution < -0.4 is 14.5 Å². The summed E-state index contributed by atoms with van der Waals surface area (Å²) in [6, 6.07) is 11.2. The lowest BCUT2D eigenvalue weighted by molar-refractivity contribution is 0.251. The van der Waals surface area contributed by atoms with Gasteiger partial charge in [0.05, 0.1) is 30.9 Å². The van der Waals surface area contributed by atoms with Gasteiger partial charge in [-0.15, -0.1) is 5.10 Å². The average Bonchev–Trinajstić information content (AvgIpc) is 2.65. The number of hydrogen-bond donors (Lipinski definition) is 0. The van der Waals surface area contributed by atoms with Crippen molar-refractivity contribution < 1.29 is 9.53 Å². The first-order chi connectivity index (χ1) is 12.6. The zero-order chi connectivity index (χ0) is 18.3. The van der Waals surface area contributed by atoms with Crippen LogP contribution in [-0.2, 0) is 6.54 Å². The van der Waals surface area contributed by atoms with Gasteiger partial charge in [-0.05, 0) is 36.8 Å². The second kappa shape index (κ2) is 6.46. The number of nitrogens with zero attached hydrogens (tertiary/aromatic N) is 4. The van der Waals surface area contributed by atoms with Gasteiger partial charge in [-0.1, -0.05) is 23.7 Å². The van der Waals surface area contributed by atoms with Crippen molar-refractivity contribution in [3.8, 4) is 5.75 Å². The van der Waals surface area contributed by atoms with E-state index >= 15 is 0 Å². The van der Waals surface area contributed by atoms with Crippen molar-refractivity contribution >= 4 is 39.9 Å². The first-order valence-electron chi connectivity index (χ1n) is 8.29. The van der Waals surface area contributed by atoms with Crippen LogP contribution in [0.4, 0.5) is 16.3 Å². The van der Waals surface area contributed by atoms with E-state index in [-0.39, 0.29) is 6.03 Å². The van der Waals surface area contributed by atoms with Crippen LogP contribution in [0.25, 0.3) is 10.8 Å². The summed E-state index contributed by atoms with van der Waals surface area (Å²) in [5.41, 5.74) is 1.75. The third kappa shape index (κ3) is 2.63. The van der Waals surface area contributed by atoms with Gasteiger partial charge >= 0.3 is 6.03 Å². The monoisotopic (exact) mass is 368 g/mol. The van der Waals surface area contributed by atoms with E-state index in [0.717, 1.165) is 27.8 Å². The largest absolute Gasteiger partial charge is 0.497 e. The van der Waals surface area contributed by atoms with E-state index in [1.54, 1.807) is 23.1 Å². The number of anilines is 2. The lowest BCUT2D eigenvalue weighted by Crippen LogP contribution is -2.46. The zero-order valence-corrected chi connectivity index (χ0v) is 15.2. The Hall–Kier alpha value is -2.86. The Morgan fingerprint density at radius 2 is 1.92 bits per heavy atom. The predicted molar refractivity (Wildman–Crippen MR) is 102 cm³/mol. The topological polar surface area (TPSA) is 58.6 Å². The van der Waals surface area contributed by atoms with Crippen molar-refractivity contribution in [2.24, 2.45) is 0 Å². The number of rotatable bonds is 4. The third-order valence-electron chi connectivity index (χ3n) is 4.51. The Morgan fingerprint density at radius 1 is 1.15 bits per heavy atom. The van der Waals surface area contributed by atoms with Crippen LogP contribution in [0, 0.1) is 0 Å². The molecule has 0 atom stereocenters. The first kappa shape index (κ1) is 16.6. The van der Waals surface area contributed by atoms with Crippen molar-refractivity contribution in [1.29, 1.82) is 0 Å². The Bertz CT molecular complexity index is 991. The number of urea groups is 1. The number of ether oxygens (including phenoxy) is 1. The molecule has 0 fully saturated rings. The number of hydrogen-bond acceptors (Lipinski definition) is 4. The molecule has 0 bridgehead atoms. The van der Waals surface area contributed by atoms with Crippen LogP contribution in [0.5, 0.6) is 5.75 Å². The van der Waals surface area contributed by atoms with Gasteiger partial charge in [0.15, 0.2) is 5.82 Å². The molecular formula is C19H17ClN4O2. The molecule has 1 aliphatic heterocycles. The number of aromatic nitrogens is 2. The summed E-state index contributed by atoms with van der Waals surface area (Å²) in [6.45, 7) is 2.86. The van der Waals surface area contributed by atoms with Gasteiger partial charge in [0, 0.05) is 17.0 Å². The molecule has 0 N–H and O–H groups in total. The van der Waals surface area contributed by atoms with Crippen LogP contribution in [0.15, 0.2) is 42.6 Å². The minimum absolute atomic E-state index is 0.139. The summed E-state index contributed by atoms with van der Waals surface area (Å²) in [5, 5.41) is 10.5. The molecule has 7 heteroatoms. The third-order valence-corrected chi connectivity index (χ3v) is 4.73. The van der Waals surface area contributed by atoms with Gasteiger partial charge in [-0.2, -0.15) is 5.10 Å². The standard InChI is InChI=1S/C19H17ClN4O2/c1-3-23-18-17-13(10-21-22-18)8-14(20)9-16(17)24(19(23)25)11-12-4-6-15(26-2)7-5-12/h4-10H,3,11H2,1-2H3. The number of halogens is 1. The van der Waals surface area contributed by atoms with Crippen LogP contribution in [0.2, 0.25) is 5.02 Å². The van der Waals surface area contributed by atoms with Gasteiger partial charge in [0.2, 0.25) is 0 Å². The van der Waals surface area contributed by atoms with E-state index in [4.69, 9.17) is 16.3 Å². The molecular weight excluding hydrogens is 352 g/mol. The van der Waals surface area contributed by atoms with Crippen LogP contribution in [-0.4, -0.2) is 29.9 Å². The van der Waals surface area contributed by atoms with Crippen LogP contribution in [0.3, 0.4) is 0 Å². The summed E-state index contributed by atoms with van der Waals surface area (Å²) in [6.07, 6.45) is 1.67. The fourth-order valence-electron chi connectivity index (χ4n) is 3.25. The van der Waals surface area contributed by atoms with Crippen molar-refractivity contribution in [3.05, 3.63) is 53.2 Å². The summed E-state index contributed by atoms with van der Waals surface area (Å²) in [4.78, 5) is 16.5. The second-order valence-electron chi connectivity index (χ2n) is 6.02. The number of benzene rings is 2. The van der Waals surface area contributed by atoms with E-state index in [0.29, 0.717) is 23.9 Å². The van der Waals surface area contributed by atoms with Gasteiger partial charge in [-0.25, -0.2) is 4.79 Å². The summed E-state index contributed by atoms with van der Waals surface area (Å²) >= 11 is 6.29. The van der Waals surface area contributed by atoms with Crippen LogP contribution in [0.1, 0.15) is 12.5 Å². The van der Waals surface area contributed by atoms with Crippen molar-refractivity contribution in [1.82, 2.24) is 10.2 Å². The van der Waals surface area contributed by atoms with Crippen molar-refractivity contribution in [3.63, 3.8) is 0 Å². The molecule has 2 amide bonds. The van der Waals surface area contributed by atoms with Crippen molar-refractivity contribution in [2.75, 3.05) is 23.5 Å². The molecule has 3 aromatic rings. The molecule has 2 heterocycles. The Morgan fingerprint density at radius 3 is 2.62 bits per heavy atom. The Kier molecular flexibility index (Phi) is 4.12. The van der Waals surface area contributed by atoms with E-state index in [9.17, 15) is 4.79 Å². The molecule has 26 heavy (non-hydrogen) atoms. The number of amides is 2. The molecule has 1 aromatic heterocycles. The Labute approximate surface area is 155 Å². The van der Waals surface area contributed by atoms with Crippen molar-refractivity contribution in [2.45, 2.75) is 13.5 Å². The summed E-state index contributed by atoms with van der Waals surface area (Å²) < 4.78 is 5.20. The summed E-state index contributed by atoms with van der Waals surface area (Å²) in [7, 11) is 1.63. The normalized spacial score (nSPS) is 13.4. The highest BCUT2D eigenvalue weighted by atomic mass is 35.5. The highest BCUT2D eigenvalue weighted by Gasteiger charge is 2.33. The van der Waals surface area contributed by atoms with E-state index in [2.05, 4.69) is 10.2 Å². The Balaban J connectivity index is 1.85. The molecule has 1 aliphatic rings. The maximum absolute atomic E-state index is 13.1. The van der Waals surface area contributed by atoms with E-state index in [1.807, 2.05) is 43.3 Å². The first-order valence-corrected chi connectivity index (χ1v) is 8.67. The van der Waals surface area contributed by atoms with E-state index in [1.165, 1.54) is 0 Å². The summed E-state index contributed by atoms with van der Waals surface area (Å²) in [5.74, 6) is 1.35. The average molecular weight is 369 g/mol. The minimum atomic E-state index is -0.139. The highest BCUT2D eigenvalue weighted by molar-refractivity contribution is 6.33. The lowest BCUT2D eigenvalue weighted by Gasteiger charge is -2.35. The van der Waals surface area contributed by atoms with Gasteiger partial charge in [0.25, 0.3) is 0 Å². The molecule has 0 unspecified atom stereocenters. The van der Waals surface area contributed by atoms with Gasteiger partial charge < -0.3 is 4.74 Å². The molecule has 0 aliphatic carbocycles. The molecule has 6 nitrogen and oxygen atoms in total. The quantitative estimate of drug-likeness (QED) is 0.690. The van der Waals surface area contributed by atoms with Crippen LogP contribution >= 0.6 is 11.6 Å². The van der Waals surface area contributed by atoms with Gasteiger partial charge in [-0.3, -0.25) is 9.80 Å². The number of carbonyl (C=O) groups is 1. The van der Waals surface area contributed by atoms with E-state index < -0.39 is 0 Å². The minimum Gasteiger partial charge on any atom is -0.497 e. The molecule has 4 rings (SSSR count). The fourth-order valence-corrected chi connectivity index (χ4v) is 3.47. The molecule has 132 valence electrons. The molecule has 2 aromatic carbocycles. The SMILES string of the molecule is CCN1C(=O)N(Cc2ccc(OC)cc2)c2cc(Cl)cc3cnnc1c23. The predicted octanol–water partition coefficient (Wildman–Crippen LogP) is 4.26. The molecule has 0 radical (unpaired) electrons. The highest BCUT2D eigenvalue weighted by Crippen LogP contribution is 2.40. The lowest BCUT2D eigenvalue weighted by atomic mass is 10.1. The maximum atomic E-state index is 13.1. The fraction of sp³-hybridized carbons (Fsp3) is 0.211. The molecule has 0 saturated carbocycles. The number of methoxy groups -OCH3 is 1. The molecule has 0 saturated heterocycles. The zero-order valence-electron chi connectivity index (χ0n) is 14.4. The molecule has 0 spiro atoms.